The lowest BCUT2D eigenvalue weighted by molar-refractivity contribution is 0.0493. The summed E-state index contributed by atoms with van der Waals surface area (Å²) in [6.45, 7) is 14.2. The number of carbonyl (C=O) groups is 2. The summed E-state index contributed by atoms with van der Waals surface area (Å²) in [7, 11) is 0. The molecule has 18 nitrogen and oxygen atoms in total. The molecule has 0 saturated carbocycles. The van der Waals surface area contributed by atoms with Crippen molar-refractivity contribution in [1.82, 2.24) is 60.1 Å². The second-order valence-electron chi connectivity index (χ2n) is 11.5. The van der Waals surface area contributed by atoms with Crippen LogP contribution in [-0.4, -0.2) is 72.9 Å². The molecule has 0 bridgehead atoms. The van der Waals surface area contributed by atoms with Crippen LogP contribution < -0.4 is 10.6 Å². The van der Waals surface area contributed by atoms with Crippen LogP contribution in [0.2, 0.25) is 0 Å². The molecule has 18 heteroatoms. The smallest absolute Gasteiger partial charge is 0.408 e. The van der Waals surface area contributed by atoms with Gasteiger partial charge in [0.1, 0.15) is 60.0 Å². The Morgan fingerprint density at radius 1 is 0.674 bits per heavy atom. The van der Waals surface area contributed by atoms with Crippen LogP contribution in [0.15, 0.2) is 37.4 Å². The minimum atomic E-state index is -0.591. The highest BCUT2D eigenvalue weighted by Crippen LogP contribution is 2.16. The van der Waals surface area contributed by atoms with Gasteiger partial charge in [-0.25, -0.2) is 39.5 Å². The van der Waals surface area contributed by atoms with Crippen LogP contribution in [0.1, 0.15) is 90.5 Å². The highest BCUT2D eigenvalue weighted by atomic mass is 16.6. The molecule has 46 heavy (non-hydrogen) atoms. The number of ether oxygens (including phenoxy) is 2. The van der Waals surface area contributed by atoms with Crippen molar-refractivity contribution in [2.45, 2.75) is 78.7 Å². The van der Waals surface area contributed by atoms with Gasteiger partial charge in [-0.1, -0.05) is 0 Å². The fourth-order valence-electron chi connectivity index (χ4n) is 3.59. The van der Waals surface area contributed by atoms with E-state index < -0.39 is 35.5 Å². The molecular weight excluding hydrogens is 596 g/mol. The number of rotatable bonds is 6. The lowest BCUT2D eigenvalue weighted by Gasteiger charge is -2.21. The van der Waals surface area contributed by atoms with Gasteiger partial charge in [0.05, 0.1) is 12.1 Å². The molecule has 4 aromatic heterocycles. The zero-order chi connectivity index (χ0) is 34.1. The molecule has 0 aliphatic rings. The van der Waals surface area contributed by atoms with Crippen molar-refractivity contribution in [1.29, 1.82) is 10.5 Å². The average Bonchev–Trinajstić information content (AvgIpc) is 3.66. The molecule has 0 fully saturated rings. The fraction of sp³-hybridized carbons (Fsp3) is 0.429. The van der Waals surface area contributed by atoms with Gasteiger partial charge in [0, 0.05) is 12.1 Å². The van der Waals surface area contributed by atoms with E-state index in [0.29, 0.717) is 23.3 Å². The van der Waals surface area contributed by atoms with Crippen molar-refractivity contribution in [2.75, 3.05) is 0 Å². The van der Waals surface area contributed by atoms with Crippen molar-refractivity contribution in [2.24, 2.45) is 0 Å². The molecule has 2 amide bonds. The highest BCUT2D eigenvalue weighted by molar-refractivity contribution is 5.68. The standard InChI is InChI=1S/2C14H17N7O2/c2*1-9(20-13(22)23-14(2,3)4)12-18-8-19-21(12)11-5-10(6-15)16-7-17-11/h2*5,7-9H,1-4H3,(H,20,22)/t2*9-/m00/s1. The molecule has 2 atom stereocenters. The summed E-state index contributed by atoms with van der Waals surface area (Å²) in [6, 6.07) is 5.91. The topological polar surface area (TPSA) is 237 Å². The molecular formula is C28H34N14O4. The van der Waals surface area contributed by atoms with Crippen molar-refractivity contribution >= 4 is 12.2 Å². The Kier molecular flexibility index (Phi) is 11.0. The molecule has 0 radical (unpaired) electrons. The van der Waals surface area contributed by atoms with E-state index in [-0.39, 0.29) is 11.4 Å². The minimum absolute atomic E-state index is 0.212. The maximum atomic E-state index is 11.9. The van der Waals surface area contributed by atoms with Crippen LogP contribution in [0, 0.1) is 22.7 Å². The lowest BCUT2D eigenvalue weighted by atomic mass is 10.2. The van der Waals surface area contributed by atoms with Gasteiger partial charge in [0.15, 0.2) is 23.3 Å². The van der Waals surface area contributed by atoms with E-state index in [1.165, 1.54) is 46.8 Å². The van der Waals surface area contributed by atoms with Crippen molar-refractivity contribution in [3.8, 4) is 23.8 Å². The number of hydrogen-bond acceptors (Lipinski definition) is 14. The number of alkyl carbamates (subject to hydrolysis) is 2. The molecule has 0 unspecified atom stereocenters. The summed E-state index contributed by atoms with van der Waals surface area (Å²) in [5, 5.41) is 31.3. The van der Waals surface area contributed by atoms with E-state index in [0.717, 1.165) is 0 Å². The monoisotopic (exact) mass is 630 g/mol. The highest BCUT2D eigenvalue weighted by Gasteiger charge is 2.23. The number of nitrogens with zero attached hydrogens (tertiary/aromatic N) is 12. The molecule has 4 aromatic rings. The van der Waals surface area contributed by atoms with E-state index >= 15 is 0 Å². The summed E-state index contributed by atoms with van der Waals surface area (Å²) in [5.74, 6) is 1.70. The van der Waals surface area contributed by atoms with Crippen LogP contribution in [0.25, 0.3) is 11.6 Å². The van der Waals surface area contributed by atoms with Gasteiger partial charge < -0.3 is 20.1 Å². The van der Waals surface area contributed by atoms with Crippen LogP contribution in [0.3, 0.4) is 0 Å². The predicted octanol–water partition coefficient (Wildman–Crippen LogP) is 3.03. The second-order valence-corrected chi connectivity index (χ2v) is 11.5. The number of carbonyl (C=O) groups excluding carboxylic acids is 2. The van der Waals surface area contributed by atoms with Gasteiger partial charge in [-0.15, -0.1) is 0 Å². The predicted molar refractivity (Wildman–Crippen MR) is 159 cm³/mol. The van der Waals surface area contributed by atoms with Gasteiger partial charge in [0.2, 0.25) is 0 Å². The maximum absolute atomic E-state index is 11.9. The van der Waals surface area contributed by atoms with E-state index in [1.54, 1.807) is 55.4 Å². The summed E-state index contributed by atoms with van der Waals surface area (Å²) in [4.78, 5) is 47.7. The number of nitrogens with one attached hydrogen (secondary N) is 2. The van der Waals surface area contributed by atoms with E-state index in [9.17, 15) is 9.59 Å². The zero-order valence-electron chi connectivity index (χ0n) is 26.6. The van der Waals surface area contributed by atoms with Crippen molar-refractivity contribution < 1.29 is 19.1 Å². The van der Waals surface area contributed by atoms with Crippen LogP contribution in [0.4, 0.5) is 9.59 Å². The van der Waals surface area contributed by atoms with Gasteiger partial charge in [0.25, 0.3) is 0 Å². The summed E-state index contributed by atoms with van der Waals surface area (Å²) >= 11 is 0. The van der Waals surface area contributed by atoms with Gasteiger partial charge in [-0.3, -0.25) is 0 Å². The number of nitriles is 2. The molecule has 0 saturated heterocycles. The molecule has 0 aromatic carbocycles. The van der Waals surface area contributed by atoms with E-state index in [1.807, 2.05) is 12.1 Å². The first kappa shape index (κ1) is 34.5. The minimum Gasteiger partial charge on any atom is -0.444 e. The SMILES string of the molecule is C[C@H](NC(=O)OC(C)(C)C)c1ncnn1-c1cc(C#N)ncn1.C[C@H](NC(=O)OC(C)(C)C)c1ncnn1-c1cc(C#N)ncn1. The normalized spacial score (nSPS) is 12.3. The Labute approximate surface area is 264 Å². The first-order valence-electron chi connectivity index (χ1n) is 13.8. The Morgan fingerprint density at radius 2 is 1.04 bits per heavy atom. The zero-order valence-corrected chi connectivity index (χ0v) is 26.6. The second kappa shape index (κ2) is 14.6. The van der Waals surface area contributed by atoms with Crippen LogP contribution in [-0.2, 0) is 9.47 Å². The lowest BCUT2D eigenvalue weighted by Crippen LogP contribution is -2.35. The average molecular weight is 631 g/mol. The van der Waals surface area contributed by atoms with Crippen molar-refractivity contribution in [3.05, 3.63) is 60.5 Å². The van der Waals surface area contributed by atoms with Gasteiger partial charge in [-0.2, -0.15) is 30.1 Å². The molecule has 4 rings (SSSR count). The molecule has 240 valence electrons. The number of amides is 2. The maximum Gasteiger partial charge on any atom is 0.408 e. The Bertz CT molecular complexity index is 1610. The molecule has 0 spiro atoms. The van der Waals surface area contributed by atoms with E-state index in [2.05, 4.69) is 50.7 Å². The number of hydrogen-bond donors (Lipinski definition) is 2. The molecule has 2 N–H and O–H groups in total. The summed E-state index contributed by atoms with van der Waals surface area (Å²) < 4.78 is 13.3. The van der Waals surface area contributed by atoms with Crippen LogP contribution in [0.5, 0.6) is 0 Å². The summed E-state index contributed by atoms with van der Waals surface area (Å²) in [6.07, 6.45) is 4.12. The third-order valence-corrected chi connectivity index (χ3v) is 5.36. The van der Waals surface area contributed by atoms with Crippen molar-refractivity contribution in [3.63, 3.8) is 0 Å². The fourth-order valence-corrected chi connectivity index (χ4v) is 3.59. The summed E-state index contributed by atoms with van der Waals surface area (Å²) in [5.41, 5.74) is -0.758. The Morgan fingerprint density at radius 3 is 1.37 bits per heavy atom. The van der Waals surface area contributed by atoms with E-state index in [4.69, 9.17) is 20.0 Å². The van der Waals surface area contributed by atoms with Gasteiger partial charge >= 0.3 is 12.2 Å². The molecule has 0 aliphatic heterocycles. The quantitative estimate of drug-likeness (QED) is 0.311. The Balaban J connectivity index is 0.000000250. The van der Waals surface area contributed by atoms with Gasteiger partial charge in [-0.05, 0) is 55.4 Å². The third-order valence-electron chi connectivity index (χ3n) is 5.36. The Hall–Kier alpha value is -6.04. The number of aromatic nitrogens is 10. The first-order valence-corrected chi connectivity index (χ1v) is 13.8. The first-order chi connectivity index (χ1) is 21.6. The molecule has 4 heterocycles. The van der Waals surface area contributed by atoms with Crippen LogP contribution >= 0.6 is 0 Å². The third kappa shape index (κ3) is 10.0. The molecule has 0 aliphatic carbocycles. The largest absolute Gasteiger partial charge is 0.444 e.